The zero-order valence-electron chi connectivity index (χ0n) is 32.2. The molecule has 0 aliphatic carbocycles. The first-order chi connectivity index (χ1) is 24.0. The van der Waals surface area contributed by atoms with Crippen LogP contribution in [0.5, 0.6) is 0 Å². The lowest BCUT2D eigenvalue weighted by atomic mass is 10.1. The summed E-state index contributed by atoms with van der Waals surface area (Å²) in [5.41, 5.74) is 0. The van der Waals surface area contributed by atoms with E-state index in [0.29, 0.717) is 25.7 Å². The Labute approximate surface area is 302 Å². The van der Waals surface area contributed by atoms with Crippen LogP contribution in [-0.4, -0.2) is 37.2 Å². The summed E-state index contributed by atoms with van der Waals surface area (Å²) in [6.45, 7) is 6.47. The molecule has 0 fully saturated rings. The number of rotatable bonds is 36. The normalized spacial score (nSPS) is 12.3. The van der Waals surface area contributed by atoms with Crippen molar-refractivity contribution in [3.8, 4) is 0 Å². The van der Waals surface area contributed by atoms with Crippen LogP contribution in [0.3, 0.4) is 0 Å². The average Bonchev–Trinajstić information content (AvgIpc) is 3.10. The lowest BCUT2D eigenvalue weighted by molar-refractivity contribution is -0.167. The van der Waals surface area contributed by atoms with Gasteiger partial charge in [-0.3, -0.25) is 14.4 Å². The van der Waals surface area contributed by atoms with Gasteiger partial charge in [-0.25, -0.2) is 0 Å². The molecule has 0 heterocycles. The van der Waals surface area contributed by atoms with Crippen molar-refractivity contribution in [2.75, 3.05) is 13.2 Å². The molecule has 0 spiro atoms. The summed E-state index contributed by atoms with van der Waals surface area (Å²) < 4.78 is 16.5. The van der Waals surface area contributed by atoms with Crippen molar-refractivity contribution in [1.29, 1.82) is 0 Å². The van der Waals surface area contributed by atoms with Gasteiger partial charge in [0.25, 0.3) is 0 Å². The van der Waals surface area contributed by atoms with E-state index in [1.54, 1.807) is 0 Å². The smallest absolute Gasteiger partial charge is 0.306 e. The van der Waals surface area contributed by atoms with Gasteiger partial charge in [0, 0.05) is 19.3 Å². The molecule has 0 aliphatic heterocycles. The summed E-state index contributed by atoms with van der Waals surface area (Å²) in [7, 11) is 0. The van der Waals surface area contributed by atoms with E-state index in [0.717, 1.165) is 64.2 Å². The van der Waals surface area contributed by atoms with E-state index in [2.05, 4.69) is 57.2 Å². The molecule has 1 atom stereocenters. The zero-order valence-corrected chi connectivity index (χ0v) is 32.2. The third-order valence-corrected chi connectivity index (χ3v) is 8.65. The number of esters is 3. The Morgan fingerprint density at radius 1 is 0.408 bits per heavy atom. The van der Waals surface area contributed by atoms with Crippen LogP contribution >= 0.6 is 0 Å². The van der Waals surface area contributed by atoms with Crippen LogP contribution in [0.4, 0.5) is 0 Å². The van der Waals surface area contributed by atoms with E-state index in [-0.39, 0.29) is 31.1 Å². The second-order valence-electron chi connectivity index (χ2n) is 13.6. The van der Waals surface area contributed by atoms with Crippen molar-refractivity contribution >= 4 is 17.9 Å². The first-order valence-corrected chi connectivity index (χ1v) is 20.5. The maximum absolute atomic E-state index is 12.6. The van der Waals surface area contributed by atoms with Gasteiger partial charge in [-0.05, 0) is 57.8 Å². The second kappa shape index (κ2) is 38.4. The van der Waals surface area contributed by atoms with Gasteiger partial charge in [0.1, 0.15) is 13.2 Å². The fourth-order valence-corrected chi connectivity index (χ4v) is 5.48. The van der Waals surface area contributed by atoms with Crippen LogP contribution in [0.15, 0.2) is 36.5 Å². The third-order valence-electron chi connectivity index (χ3n) is 8.65. The highest BCUT2D eigenvalue weighted by atomic mass is 16.6. The van der Waals surface area contributed by atoms with E-state index in [9.17, 15) is 14.4 Å². The van der Waals surface area contributed by atoms with Crippen molar-refractivity contribution in [2.45, 2.75) is 207 Å². The van der Waals surface area contributed by atoms with E-state index >= 15 is 0 Å². The Morgan fingerprint density at radius 3 is 1.31 bits per heavy atom. The molecule has 0 aromatic rings. The van der Waals surface area contributed by atoms with Gasteiger partial charge in [0.15, 0.2) is 6.10 Å². The molecule has 6 heteroatoms. The minimum absolute atomic E-state index is 0.0933. The van der Waals surface area contributed by atoms with E-state index < -0.39 is 6.10 Å². The van der Waals surface area contributed by atoms with Crippen LogP contribution < -0.4 is 0 Å². The highest BCUT2D eigenvalue weighted by molar-refractivity contribution is 5.71. The topological polar surface area (TPSA) is 78.9 Å². The lowest BCUT2D eigenvalue weighted by Crippen LogP contribution is -2.30. The van der Waals surface area contributed by atoms with Crippen LogP contribution in [-0.2, 0) is 28.6 Å². The van der Waals surface area contributed by atoms with Crippen LogP contribution in [0, 0.1) is 0 Å². The molecule has 49 heavy (non-hydrogen) atoms. The maximum atomic E-state index is 12.6. The first kappa shape index (κ1) is 46.6. The van der Waals surface area contributed by atoms with Gasteiger partial charge in [-0.15, -0.1) is 0 Å². The van der Waals surface area contributed by atoms with Crippen LogP contribution in [0.25, 0.3) is 0 Å². The average molecular weight is 689 g/mol. The van der Waals surface area contributed by atoms with Crippen LogP contribution in [0.1, 0.15) is 201 Å². The van der Waals surface area contributed by atoms with Crippen LogP contribution in [0.2, 0.25) is 0 Å². The van der Waals surface area contributed by atoms with Crippen molar-refractivity contribution in [2.24, 2.45) is 0 Å². The monoisotopic (exact) mass is 689 g/mol. The molecule has 1 unspecified atom stereocenters. The minimum atomic E-state index is -0.786. The molecule has 0 radical (unpaired) electrons. The predicted octanol–water partition coefficient (Wildman–Crippen LogP) is 12.6. The van der Waals surface area contributed by atoms with E-state index in [1.807, 2.05) is 0 Å². The molecule has 0 aromatic heterocycles. The number of hydrogen-bond donors (Lipinski definition) is 0. The van der Waals surface area contributed by atoms with Crippen molar-refractivity contribution in [1.82, 2.24) is 0 Å². The number of carbonyl (C=O) groups excluding carboxylic acids is 3. The Morgan fingerprint density at radius 2 is 0.776 bits per heavy atom. The summed E-state index contributed by atoms with van der Waals surface area (Å²) in [6.07, 6.45) is 41.3. The predicted molar refractivity (Wildman–Crippen MR) is 206 cm³/mol. The highest BCUT2D eigenvalue weighted by Crippen LogP contribution is 2.13. The molecule has 6 nitrogen and oxygen atoms in total. The molecular formula is C43H76O6. The molecule has 0 aliphatic rings. The fourth-order valence-electron chi connectivity index (χ4n) is 5.48. The lowest BCUT2D eigenvalue weighted by Gasteiger charge is -2.18. The number of unbranched alkanes of at least 4 members (excludes halogenated alkanes) is 20. The summed E-state index contributed by atoms with van der Waals surface area (Å²) in [4.78, 5) is 37.4. The van der Waals surface area contributed by atoms with Crippen molar-refractivity contribution < 1.29 is 28.6 Å². The van der Waals surface area contributed by atoms with E-state index in [4.69, 9.17) is 14.2 Å². The zero-order chi connectivity index (χ0) is 35.9. The third kappa shape index (κ3) is 36.7. The molecule has 0 N–H and O–H groups in total. The van der Waals surface area contributed by atoms with Crippen molar-refractivity contribution in [3.63, 3.8) is 0 Å². The van der Waals surface area contributed by atoms with Gasteiger partial charge in [0.2, 0.25) is 0 Å². The van der Waals surface area contributed by atoms with Gasteiger partial charge in [-0.1, -0.05) is 160 Å². The quantitative estimate of drug-likeness (QED) is 0.0214. The molecular weight excluding hydrogens is 612 g/mol. The largest absolute Gasteiger partial charge is 0.462 e. The second-order valence-corrected chi connectivity index (χ2v) is 13.6. The summed E-state index contributed by atoms with van der Waals surface area (Å²) in [5, 5.41) is 0. The molecule has 0 saturated heterocycles. The molecule has 0 aromatic carbocycles. The van der Waals surface area contributed by atoms with Gasteiger partial charge >= 0.3 is 17.9 Å². The Kier molecular flexibility index (Phi) is 36.6. The Hall–Kier alpha value is -2.37. The van der Waals surface area contributed by atoms with E-state index in [1.165, 1.54) is 89.9 Å². The van der Waals surface area contributed by atoms with Gasteiger partial charge in [-0.2, -0.15) is 0 Å². The number of ether oxygens (including phenoxy) is 3. The molecule has 0 saturated carbocycles. The fraction of sp³-hybridized carbons (Fsp3) is 0.791. The summed E-state index contributed by atoms with van der Waals surface area (Å²) in [6, 6.07) is 0. The summed E-state index contributed by atoms with van der Waals surface area (Å²) >= 11 is 0. The molecule has 0 rings (SSSR count). The number of allylic oxidation sites excluding steroid dienone is 6. The maximum Gasteiger partial charge on any atom is 0.306 e. The SMILES string of the molecule is CCCC/C=C\C=C/CCCCCC(=O)OCC(COC(=O)CCC/C=C\CCCCCC)OC(=O)CCCCCCCCCCCCC. The number of hydrogen-bond acceptors (Lipinski definition) is 6. The van der Waals surface area contributed by atoms with Crippen molar-refractivity contribution in [3.05, 3.63) is 36.5 Å². The Bertz CT molecular complexity index is 845. The van der Waals surface area contributed by atoms with Gasteiger partial charge < -0.3 is 14.2 Å². The number of carbonyl (C=O) groups is 3. The Balaban J connectivity index is 4.44. The summed E-state index contributed by atoms with van der Waals surface area (Å²) in [5.74, 6) is -0.960. The van der Waals surface area contributed by atoms with Gasteiger partial charge in [0.05, 0.1) is 0 Å². The molecule has 284 valence electrons. The molecule has 0 bridgehead atoms. The standard InChI is InChI=1S/C43H76O6/c1-4-7-10-13-16-19-21-24-27-30-33-36-42(45)48-39-40(38-47-41(44)35-32-29-26-23-18-15-12-9-6-3)49-43(46)37-34-31-28-25-22-20-17-14-11-8-5-2/h13,16,19,21,23,26,40H,4-12,14-15,17-18,20,22,24-25,27-39H2,1-3H3/b16-13-,21-19-,26-23-. The first-order valence-electron chi connectivity index (χ1n) is 20.5. The molecule has 0 amide bonds. The highest BCUT2D eigenvalue weighted by Gasteiger charge is 2.19. The minimum Gasteiger partial charge on any atom is -0.462 e.